The van der Waals surface area contributed by atoms with Crippen LogP contribution in [0.15, 0.2) is 24.3 Å². The normalized spacial score (nSPS) is 35.1. The Hall–Kier alpha value is -3.08. The van der Waals surface area contributed by atoms with Crippen molar-refractivity contribution in [3.63, 3.8) is 0 Å². The van der Waals surface area contributed by atoms with Gasteiger partial charge in [-0.2, -0.15) is 15.8 Å². The monoisotopic (exact) mass is 417 g/mol. The standard InChI is InChI=1S/C24H27N5O2/c1-4-29(5-2)18-8-6-17(7-9-18)20-22(13-25,14-26)23(15-27)19-12-16(3)10-11-24(19,30-20)31-21(23)28/h6-9,16,19-20,28H,4-5,10-12H2,1-3H3. The van der Waals surface area contributed by atoms with Crippen LogP contribution in [0.4, 0.5) is 5.69 Å². The van der Waals surface area contributed by atoms with Crippen molar-refractivity contribution in [3.8, 4) is 18.2 Å². The Morgan fingerprint density at radius 3 is 2.29 bits per heavy atom. The second-order valence-electron chi connectivity index (χ2n) is 8.89. The minimum Gasteiger partial charge on any atom is -0.447 e. The lowest BCUT2D eigenvalue weighted by molar-refractivity contribution is -0.298. The fourth-order valence-corrected chi connectivity index (χ4v) is 5.78. The average Bonchev–Trinajstić information content (AvgIpc) is 2.98. The van der Waals surface area contributed by atoms with Crippen molar-refractivity contribution >= 4 is 11.6 Å². The van der Waals surface area contributed by atoms with Crippen molar-refractivity contribution in [2.75, 3.05) is 18.0 Å². The Kier molecular flexibility index (Phi) is 4.95. The number of benzene rings is 1. The first kappa shape index (κ1) is 21.2. The summed E-state index contributed by atoms with van der Waals surface area (Å²) in [5.74, 6) is -1.67. The zero-order valence-electron chi connectivity index (χ0n) is 18.2. The van der Waals surface area contributed by atoms with E-state index in [1.165, 1.54) is 0 Å². The van der Waals surface area contributed by atoms with E-state index in [1.54, 1.807) is 0 Å². The van der Waals surface area contributed by atoms with Gasteiger partial charge in [0.25, 0.3) is 0 Å². The Morgan fingerprint density at radius 2 is 1.74 bits per heavy atom. The van der Waals surface area contributed by atoms with E-state index in [2.05, 4.69) is 43.9 Å². The molecule has 5 atom stereocenters. The molecule has 0 radical (unpaired) electrons. The number of nitriles is 3. The van der Waals surface area contributed by atoms with Gasteiger partial charge < -0.3 is 14.4 Å². The first-order valence-electron chi connectivity index (χ1n) is 10.9. The van der Waals surface area contributed by atoms with E-state index in [-0.39, 0.29) is 5.90 Å². The van der Waals surface area contributed by atoms with Gasteiger partial charge in [-0.3, -0.25) is 5.41 Å². The van der Waals surface area contributed by atoms with Gasteiger partial charge in [0, 0.05) is 25.2 Å². The Morgan fingerprint density at radius 1 is 1.10 bits per heavy atom. The van der Waals surface area contributed by atoms with Crippen molar-refractivity contribution in [2.45, 2.75) is 51.9 Å². The molecule has 1 aliphatic carbocycles. The first-order valence-corrected chi connectivity index (χ1v) is 10.9. The predicted octanol–water partition coefficient (Wildman–Crippen LogP) is 4.29. The van der Waals surface area contributed by atoms with Crippen molar-refractivity contribution < 1.29 is 9.47 Å². The Labute approximate surface area is 183 Å². The van der Waals surface area contributed by atoms with Crippen molar-refractivity contribution in [1.29, 1.82) is 21.2 Å². The van der Waals surface area contributed by atoms with Gasteiger partial charge in [0.15, 0.2) is 5.41 Å². The number of anilines is 1. The maximum absolute atomic E-state index is 10.4. The van der Waals surface area contributed by atoms with Crippen molar-refractivity contribution in [1.82, 2.24) is 0 Å². The van der Waals surface area contributed by atoms with Crippen LogP contribution >= 0.6 is 0 Å². The molecule has 2 aliphatic heterocycles. The molecule has 0 spiro atoms. The highest BCUT2D eigenvalue weighted by atomic mass is 16.7. The number of nitrogens with zero attached hydrogens (tertiary/aromatic N) is 4. The van der Waals surface area contributed by atoms with E-state index >= 15 is 0 Å². The summed E-state index contributed by atoms with van der Waals surface area (Å²) in [6.45, 7) is 7.97. The number of hydrogen-bond acceptors (Lipinski definition) is 7. The number of nitrogens with one attached hydrogen (secondary N) is 1. The third-order valence-corrected chi connectivity index (χ3v) is 7.50. The number of rotatable bonds is 4. The maximum Gasteiger partial charge on any atom is 0.217 e. The molecule has 3 fully saturated rings. The molecule has 3 aliphatic rings. The van der Waals surface area contributed by atoms with E-state index in [9.17, 15) is 15.8 Å². The molecule has 31 heavy (non-hydrogen) atoms. The highest BCUT2D eigenvalue weighted by Gasteiger charge is 2.80. The van der Waals surface area contributed by atoms with E-state index in [1.807, 2.05) is 24.3 Å². The fourth-order valence-electron chi connectivity index (χ4n) is 5.78. The summed E-state index contributed by atoms with van der Waals surface area (Å²) < 4.78 is 12.4. The molecule has 1 N–H and O–H groups in total. The van der Waals surface area contributed by atoms with Crippen LogP contribution in [0, 0.1) is 62.1 Å². The van der Waals surface area contributed by atoms with Crippen LogP contribution in [0.5, 0.6) is 0 Å². The van der Waals surface area contributed by atoms with Gasteiger partial charge in [-0.05, 0) is 50.3 Å². The molecule has 2 bridgehead atoms. The predicted molar refractivity (Wildman–Crippen MR) is 114 cm³/mol. The molecule has 0 amide bonds. The second-order valence-corrected chi connectivity index (χ2v) is 8.89. The van der Waals surface area contributed by atoms with Gasteiger partial charge in [0.1, 0.15) is 6.10 Å². The van der Waals surface area contributed by atoms with Crippen molar-refractivity contribution in [2.24, 2.45) is 22.7 Å². The zero-order chi connectivity index (χ0) is 22.4. The van der Waals surface area contributed by atoms with Crippen LogP contribution in [-0.4, -0.2) is 24.8 Å². The van der Waals surface area contributed by atoms with Gasteiger partial charge in [-0.1, -0.05) is 19.1 Å². The maximum atomic E-state index is 10.4. The molecular formula is C24H27N5O2. The molecule has 0 aromatic heterocycles. The average molecular weight is 418 g/mol. The minimum atomic E-state index is -1.88. The molecule has 7 heteroatoms. The summed E-state index contributed by atoms with van der Waals surface area (Å²) in [4.78, 5) is 2.20. The topological polar surface area (TPSA) is 117 Å². The van der Waals surface area contributed by atoms with Crippen LogP contribution in [0.3, 0.4) is 0 Å². The number of hydrogen-bond donors (Lipinski definition) is 1. The highest BCUT2D eigenvalue weighted by Crippen LogP contribution is 2.69. The van der Waals surface area contributed by atoms with Crippen molar-refractivity contribution in [3.05, 3.63) is 29.8 Å². The van der Waals surface area contributed by atoms with Gasteiger partial charge in [-0.25, -0.2) is 0 Å². The highest BCUT2D eigenvalue weighted by molar-refractivity contribution is 5.89. The van der Waals surface area contributed by atoms with Crippen LogP contribution in [0.1, 0.15) is 51.7 Å². The van der Waals surface area contributed by atoms with E-state index in [4.69, 9.17) is 14.9 Å². The van der Waals surface area contributed by atoms with Crippen LogP contribution in [0.25, 0.3) is 0 Å². The number of ether oxygens (including phenoxy) is 2. The molecule has 5 unspecified atom stereocenters. The third kappa shape index (κ3) is 2.55. The summed E-state index contributed by atoms with van der Waals surface area (Å²) in [6.07, 6.45) is 0.964. The molecule has 1 saturated carbocycles. The van der Waals surface area contributed by atoms with Gasteiger partial charge in [0.2, 0.25) is 17.1 Å². The molecule has 2 saturated heterocycles. The smallest absolute Gasteiger partial charge is 0.217 e. The van der Waals surface area contributed by atoms with Gasteiger partial charge in [0.05, 0.1) is 24.1 Å². The molecular weight excluding hydrogens is 390 g/mol. The summed E-state index contributed by atoms with van der Waals surface area (Å²) in [5, 5.41) is 39.6. The van der Waals surface area contributed by atoms with Crippen LogP contribution in [0.2, 0.25) is 0 Å². The van der Waals surface area contributed by atoms with Gasteiger partial charge in [-0.15, -0.1) is 0 Å². The quantitative estimate of drug-likeness (QED) is 0.781. The largest absolute Gasteiger partial charge is 0.447 e. The minimum absolute atomic E-state index is 0.295. The zero-order valence-corrected chi connectivity index (χ0v) is 18.2. The Bertz CT molecular complexity index is 998. The molecule has 2 heterocycles. The molecule has 1 aromatic carbocycles. The lowest BCUT2D eigenvalue weighted by Gasteiger charge is -2.52. The molecule has 160 valence electrons. The summed E-state index contributed by atoms with van der Waals surface area (Å²) in [6, 6.07) is 14.1. The molecule has 4 rings (SSSR count). The van der Waals surface area contributed by atoms with Crippen LogP contribution < -0.4 is 4.90 Å². The van der Waals surface area contributed by atoms with E-state index in [0.29, 0.717) is 24.3 Å². The van der Waals surface area contributed by atoms with E-state index in [0.717, 1.165) is 25.2 Å². The second kappa shape index (κ2) is 7.26. The lowest BCUT2D eigenvalue weighted by Crippen LogP contribution is -2.60. The fraction of sp³-hybridized carbons (Fsp3) is 0.583. The third-order valence-electron chi connectivity index (χ3n) is 7.50. The molecule has 1 aromatic rings. The van der Waals surface area contributed by atoms with Gasteiger partial charge >= 0.3 is 0 Å². The summed E-state index contributed by atoms with van der Waals surface area (Å²) in [7, 11) is 0. The van der Waals surface area contributed by atoms with E-state index < -0.39 is 28.6 Å². The summed E-state index contributed by atoms with van der Waals surface area (Å²) in [5.41, 5.74) is -1.86. The summed E-state index contributed by atoms with van der Waals surface area (Å²) >= 11 is 0. The lowest BCUT2D eigenvalue weighted by atomic mass is 9.50. The Balaban J connectivity index is 1.87. The first-order chi connectivity index (χ1) is 14.9. The van der Waals surface area contributed by atoms with Crippen LogP contribution in [-0.2, 0) is 9.47 Å². The molecule has 7 nitrogen and oxygen atoms in total. The SMILES string of the molecule is CCN(CC)c1ccc(C2OC34CCC(C)CC3C(C#N)(C(=N)O4)C2(C#N)C#N)cc1.